The Hall–Kier alpha value is -2.17. The van der Waals surface area contributed by atoms with Crippen molar-refractivity contribution < 1.29 is 14.0 Å². The average molecular weight is 341 g/mol. The van der Waals surface area contributed by atoms with Crippen molar-refractivity contribution in [2.24, 2.45) is 5.73 Å². The van der Waals surface area contributed by atoms with Crippen LogP contribution in [0.3, 0.4) is 0 Å². The van der Waals surface area contributed by atoms with Crippen molar-refractivity contribution in [3.63, 3.8) is 0 Å². The molecular weight excluding hydrogens is 312 g/mol. The smallest absolute Gasteiger partial charge is 0.337 e. The summed E-state index contributed by atoms with van der Waals surface area (Å²) in [6.45, 7) is 3.76. The fourth-order valence-electron chi connectivity index (χ4n) is 3.11. The zero-order valence-corrected chi connectivity index (χ0v) is 15.7. The Morgan fingerprint density at radius 2 is 1.80 bits per heavy atom. The SMILES string of the molecule is CCc1ccc(C(N)C[N+](C)(C)Cc2cccc(C(=O)OC)c2)cc1. The van der Waals surface area contributed by atoms with Crippen LogP contribution in [0.25, 0.3) is 0 Å². The van der Waals surface area contributed by atoms with E-state index in [-0.39, 0.29) is 12.0 Å². The molecule has 0 saturated heterocycles. The lowest BCUT2D eigenvalue weighted by atomic mass is 10.0. The number of likely N-dealkylation sites (N-methyl/N-ethyl adjacent to an activating group) is 1. The number of rotatable bonds is 7. The first-order valence-electron chi connectivity index (χ1n) is 8.68. The molecule has 4 nitrogen and oxygen atoms in total. The fraction of sp³-hybridized carbons (Fsp3) is 0.381. The maximum atomic E-state index is 11.7. The van der Waals surface area contributed by atoms with Crippen LogP contribution in [-0.2, 0) is 17.7 Å². The van der Waals surface area contributed by atoms with Gasteiger partial charge in [0.1, 0.15) is 6.54 Å². The summed E-state index contributed by atoms with van der Waals surface area (Å²) in [6, 6.07) is 16.1. The maximum absolute atomic E-state index is 11.7. The van der Waals surface area contributed by atoms with Crippen LogP contribution in [0.1, 0.15) is 40.0 Å². The highest BCUT2D eigenvalue weighted by atomic mass is 16.5. The molecule has 0 fully saturated rings. The predicted molar refractivity (Wildman–Crippen MR) is 101 cm³/mol. The number of ether oxygens (including phenoxy) is 1. The second-order valence-electron chi connectivity index (χ2n) is 7.17. The van der Waals surface area contributed by atoms with Crippen LogP contribution in [0.5, 0.6) is 0 Å². The van der Waals surface area contributed by atoms with Crippen molar-refractivity contribution in [3.05, 3.63) is 70.8 Å². The van der Waals surface area contributed by atoms with Crippen molar-refractivity contribution in [2.45, 2.75) is 25.9 Å². The van der Waals surface area contributed by atoms with Gasteiger partial charge in [0.2, 0.25) is 0 Å². The number of nitrogens with two attached hydrogens (primary N) is 1. The van der Waals surface area contributed by atoms with Gasteiger partial charge in [-0.05, 0) is 29.7 Å². The van der Waals surface area contributed by atoms with E-state index in [1.54, 1.807) is 6.07 Å². The molecule has 134 valence electrons. The summed E-state index contributed by atoms with van der Waals surface area (Å²) in [5.41, 5.74) is 10.6. The third-order valence-electron chi connectivity index (χ3n) is 4.47. The van der Waals surface area contributed by atoms with Gasteiger partial charge in [-0.25, -0.2) is 4.79 Å². The molecule has 0 saturated carbocycles. The van der Waals surface area contributed by atoms with Gasteiger partial charge in [-0.3, -0.25) is 0 Å². The van der Waals surface area contributed by atoms with Gasteiger partial charge in [0, 0.05) is 5.56 Å². The van der Waals surface area contributed by atoms with E-state index >= 15 is 0 Å². The molecule has 0 radical (unpaired) electrons. The molecule has 1 atom stereocenters. The first-order chi connectivity index (χ1) is 11.8. The van der Waals surface area contributed by atoms with E-state index in [1.807, 2.05) is 18.2 Å². The van der Waals surface area contributed by atoms with Gasteiger partial charge >= 0.3 is 5.97 Å². The number of esters is 1. The first-order valence-corrected chi connectivity index (χ1v) is 8.68. The Labute approximate surface area is 150 Å². The molecular formula is C21H29N2O2+. The van der Waals surface area contributed by atoms with Gasteiger partial charge < -0.3 is 15.0 Å². The second kappa shape index (κ2) is 8.28. The number of hydrogen-bond acceptors (Lipinski definition) is 3. The molecule has 2 aromatic rings. The molecule has 2 N–H and O–H groups in total. The summed E-state index contributed by atoms with van der Waals surface area (Å²) in [5, 5.41) is 0. The van der Waals surface area contributed by atoms with Gasteiger partial charge in [-0.2, -0.15) is 0 Å². The molecule has 0 aliphatic rings. The summed E-state index contributed by atoms with van der Waals surface area (Å²) < 4.78 is 5.54. The lowest BCUT2D eigenvalue weighted by Crippen LogP contribution is -2.44. The lowest BCUT2D eigenvalue weighted by molar-refractivity contribution is -0.905. The van der Waals surface area contributed by atoms with Crippen LogP contribution in [0.2, 0.25) is 0 Å². The number of benzene rings is 2. The minimum absolute atomic E-state index is 0.0234. The van der Waals surface area contributed by atoms with Crippen LogP contribution >= 0.6 is 0 Å². The molecule has 4 heteroatoms. The summed E-state index contributed by atoms with van der Waals surface area (Å²) in [5.74, 6) is -0.306. The Balaban J connectivity index is 2.06. The number of carbonyl (C=O) groups is 1. The van der Waals surface area contributed by atoms with Gasteiger partial charge in [0.25, 0.3) is 0 Å². The van der Waals surface area contributed by atoms with Crippen LogP contribution in [0, 0.1) is 0 Å². The third kappa shape index (κ3) is 5.41. The Kier molecular flexibility index (Phi) is 6.34. The summed E-state index contributed by atoms with van der Waals surface area (Å²) >= 11 is 0. The predicted octanol–water partition coefficient (Wildman–Crippen LogP) is 3.31. The lowest BCUT2D eigenvalue weighted by Gasteiger charge is -2.32. The number of nitrogens with zero attached hydrogens (tertiary/aromatic N) is 1. The number of methoxy groups -OCH3 is 1. The largest absolute Gasteiger partial charge is 0.465 e. The molecule has 0 aliphatic carbocycles. The molecule has 0 spiro atoms. The Morgan fingerprint density at radius 3 is 2.40 bits per heavy atom. The number of hydrogen-bond donors (Lipinski definition) is 1. The second-order valence-corrected chi connectivity index (χ2v) is 7.17. The maximum Gasteiger partial charge on any atom is 0.337 e. The standard InChI is InChI=1S/C21H29N2O2/c1-5-16-9-11-18(12-10-16)20(22)15-23(2,3)14-17-7-6-8-19(13-17)21(24)25-4/h6-13,20H,5,14-15,22H2,1-4H3/q+1. The van der Waals surface area contributed by atoms with Crippen molar-refractivity contribution in [1.29, 1.82) is 0 Å². The van der Waals surface area contributed by atoms with Crippen LogP contribution in [0.15, 0.2) is 48.5 Å². The fourth-order valence-corrected chi connectivity index (χ4v) is 3.11. The number of quaternary nitrogens is 1. The quantitative estimate of drug-likeness (QED) is 0.621. The van der Waals surface area contributed by atoms with Gasteiger partial charge in [0.05, 0.1) is 39.4 Å². The zero-order chi connectivity index (χ0) is 18.4. The zero-order valence-electron chi connectivity index (χ0n) is 15.7. The Morgan fingerprint density at radius 1 is 1.12 bits per heavy atom. The van der Waals surface area contributed by atoms with E-state index in [1.165, 1.54) is 12.7 Å². The van der Waals surface area contributed by atoms with Crippen molar-refractivity contribution >= 4 is 5.97 Å². The average Bonchev–Trinajstić information content (AvgIpc) is 2.60. The molecule has 1 unspecified atom stereocenters. The first kappa shape index (κ1) is 19.2. The summed E-state index contributed by atoms with van der Waals surface area (Å²) in [7, 11) is 5.72. The molecule has 25 heavy (non-hydrogen) atoms. The van der Waals surface area contributed by atoms with Crippen molar-refractivity contribution in [3.8, 4) is 0 Å². The van der Waals surface area contributed by atoms with Crippen molar-refractivity contribution in [2.75, 3.05) is 27.7 Å². The highest BCUT2D eigenvalue weighted by Crippen LogP contribution is 2.19. The van der Waals surface area contributed by atoms with Gasteiger partial charge in [-0.1, -0.05) is 43.3 Å². The molecule has 0 aliphatic heterocycles. The van der Waals surface area contributed by atoms with Crippen LogP contribution < -0.4 is 5.73 Å². The minimum Gasteiger partial charge on any atom is -0.465 e. The molecule has 2 rings (SSSR count). The summed E-state index contributed by atoms with van der Waals surface area (Å²) in [4.78, 5) is 11.7. The van der Waals surface area contributed by atoms with E-state index in [0.29, 0.717) is 5.56 Å². The monoisotopic (exact) mass is 341 g/mol. The Bertz CT molecular complexity index is 708. The normalized spacial score (nSPS) is 12.7. The van der Waals surface area contributed by atoms with E-state index in [2.05, 4.69) is 45.3 Å². The number of aryl methyl sites for hydroxylation is 1. The molecule has 0 heterocycles. The third-order valence-corrected chi connectivity index (χ3v) is 4.47. The van der Waals surface area contributed by atoms with Gasteiger partial charge in [0.15, 0.2) is 0 Å². The van der Waals surface area contributed by atoms with Crippen LogP contribution in [0.4, 0.5) is 0 Å². The van der Waals surface area contributed by atoms with E-state index in [4.69, 9.17) is 10.5 Å². The van der Waals surface area contributed by atoms with Gasteiger partial charge in [-0.15, -0.1) is 0 Å². The molecule has 0 bridgehead atoms. The minimum atomic E-state index is -0.306. The summed E-state index contributed by atoms with van der Waals surface area (Å²) in [6.07, 6.45) is 1.04. The van der Waals surface area contributed by atoms with E-state index in [0.717, 1.165) is 35.1 Å². The molecule has 0 aromatic heterocycles. The van der Waals surface area contributed by atoms with Crippen molar-refractivity contribution in [1.82, 2.24) is 0 Å². The highest BCUT2D eigenvalue weighted by molar-refractivity contribution is 5.89. The molecule has 2 aromatic carbocycles. The highest BCUT2D eigenvalue weighted by Gasteiger charge is 2.22. The van der Waals surface area contributed by atoms with E-state index in [9.17, 15) is 4.79 Å². The van der Waals surface area contributed by atoms with Crippen LogP contribution in [-0.4, -0.2) is 38.2 Å². The number of carbonyl (C=O) groups excluding carboxylic acids is 1. The van der Waals surface area contributed by atoms with E-state index < -0.39 is 0 Å². The topological polar surface area (TPSA) is 52.3 Å². The molecule has 0 amide bonds.